The molecule has 2 heterocycles. The maximum atomic E-state index is 13.0. The Hall–Kier alpha value is -2.69. The van der Waals surface area contributed by atoms with Crippen LogP contribution < -0.4 is 14.4 Å². The summed E-state index contributed by atoms with van der Waals surface area (Å²) in [5.74, 6) is 1.66. The zero-order valence-corrected chi connectivity index (χ0v) is 16.0. The molecule has 0 fully saturated rings. The summed E-state index contributed by atoms with van der Waals surface area (Å²) in [6.45, 7) is 2.76. The van der Waals surface area contributed by atoms with Gasteiger partial charge in [-0.05, 0) is 54.2 Å². The van der Waals surface area contributed by atoms with Crippen molar-refractivity contribution in [3.8, 4) is 11.5 Å². The van der Waals surface area contributed by atoms with Crippen molar-refractivity contribution in [1.29, 1.82) is 0 Å². The van der Waals surface area contributed by atoms with E-state index >= 15 is 0 Å². The Bertz CT molecular complexity index is 849. The maximum absolute atomic E-state index is 13.0. The fraction of sp³-hybridized carbons (Fsp3) is 0.409. The van der Waals surface area contributed by atoms with Crippen LogP contribution in [0.1, 0.15) is 23.1 Å². The molecule has 0 saturated carbocycles. The van der Waals surface area contributed by atoms with Crippen molar-refractivity contribution in [3.05, 3.63) is 53.1 Å². The Balaban J connectivity index is 1.49. The van der Waals surface area contributed by atoms with E-state index in [4.69, 9.17) is 9.47 Å². The maximum Gasteiger partial charge on any atom is 0.242 e. The summed E-state index contributed by atoms with van der Waals surface area (Å²) < 4.78 is 10.8. The van der Waals surface area contributed by atoms with Gasteiger partial charge in [0.05, 0.1) is 20.8 Å². The van der Waals surface area contributed by atoms with Gasteiger partial charge in [-0.1, -0.05) is 18.2 Å². The van der Waals surface area contributed by atoms with Gasteiger partial charge in [0.2, 0.25) is 5.91 Å². The molecule has 0 radical (unpaired) electrons. The highest BCUT2D eigenvalue weighted by Crippen LogP contribution is 2.33. The molecule has 4 rings (SSSR count). The van der Waals surface area contributed by atoms with Crippen LogP contribution in [-0.4, -0.2) is 44.7 Å². The van der Waals surface area contributed by atoms with Crippen LogP contribution in [-0.2, 0) is 24.2 Å². The number of hydrogen-bond donors (Lipinski definition) is 0. The Kier molecular flexibility index (Phi) is 4.92. The lowest BCUT2D eigenvalue weighted by molar-refractivity contribution is -0.130. The second kappa shape index (κ2) is 7.51. The summed E-state index contributed by atoms with van der Waals surface area (Å²) in [6.07, 6.45) is 3.04. The van der Waals surface area contributed by atoms with Crippen LogP contribution in [0.2, 0.25) is 0 Å². The molecule has 0 aromatic heterocycles. The molecule has 0 N–H and O–H groups in total. The van der Waals surface area contributed by atoms with E-state index in [1.807, 2.05) is 17.0 Å². The lowest BCUT2D eigenvalue weighted by Crippen LogP contribution is -2.44. The Morgan fingerprint density at radius 3 is 2.48 bits per heavy atom. The molecule has 2 aliphatic rings. The Morgan fingerprint density at radius 1 is 0.963 bits per heavy atom. The average Bonchev–Trinajstić information content (AvgIpc) is 2.72. The number of benzene rings is 2. The number of nitrogens with zero attached hydrogens (tertiary/aromatic N) is 2. The van der Waals surface area contributed by atoms with Gasteiger partial charge in [0, 0.05) is 25.3 Å². The molecular weight excluding hydrogens is 340 g/mol. The van der Waals surface area contributed by atoms with E-state index < -0.39 is 0 Å². The van der Waals surface area contributed by atoms with Gasteiger partial charge in [-0.3, -0.25) is 4.79 Å². The number of ether oxygens (including phenoxy) is 2. The highest BCUT2D eigenvalue weighted by Gasteiger charge is 2.25. The molecule has 5 heteroatoms. The van der Waals surface area contributed by atoms with Crippen molar-refractivity contribution >= 4 is 11.6 Å². The van der Waals surface area contributed by atoms with Crippen LogP contribution in [0.4, 0.5) is 5.69 Å². The van der Waals surface area contributed by atoms with Crippen LogP contribution >= 0.6 is 0 Å². The van der Waals surface area contributed by atoms with E-state index in [1.165, 1.54) is 16.8 Å². The largest absolute Gasteiger partial charge is 0.493 e. The smallest absolute Gasteiger partial charge is 0.242 e. The number of carbonyl (C=O) groups excluding carboxylic acids is 1. The zero-order chi connectivity index (χ0) is 18.8. The van der Waals surface area contributed by atoms with E-state index in [-0.39, 0.29) is 5.91 Å². The summed E-state index contributed by atoms with van der Waals surface area (Å²) in [4.78, 5) is 17.2. The lowest BCUT2D eigenvalue weighted by Gasteiger charge is -2.34. The van der Waals surface area contributed by atoms with Crippen molar-refractivity contribution in [3.63, 3.8) is 0 Å². The van der Waals surface area contributed by atoms with E-state index in [1.54, 1.807) is 14.2 Å². The number of methoxy groups -OCH3 is 2. The summed E-state index contributed by atoms with van der Waals surface area (Å²) >= 11 is 0. The number of carbonyl (C=O) groups is 1. The molecule has 2 aromatic rings. The molecule has 5 nitrogen and oxygen atoms in total. The number of para-hydroxylation sites is 1. The second-order valence-corrected chi connectivity index (χ2v) is 7.20. The number of aryl methyl sites for hydroxylation is 1. The van der Waals surface area contributed by atoms with Gasteiger partial charge in [-0.2, -0.15) is 0 Å². The number of rotatable bonds is 4. The molecule has 27 heavy (non-hydrogen) atoms. The predicted octanol–water partition coefficient (Wildman–Crippen LogP) is 3.04. The standard InChI is InChI=1S/C22H26N2O3/c1-26-20-12-17-9-11-24(14-18(17)13-21(20)27-2)22(25)15-23-10-5-7-16-6-3-4-8-19(16)23/h3-4,6,8,12-13H,5,7,9-11,14-15H2,1-2H3. The fourth-order valence-electron chi connectivity index (χ4n) is 4.14. The quantitative estimate of drug-likeness (QED) is 0.834. The third kappa shape index (κ3) is 3.46. The predicted molar refractivity (Wildman–Crippen MR) is 106 cm³/mol. The van der Waals surface area contributed by atoms with Crippen molar-refractivity contribution in [2.75, 3.05) is 38.8 Å². The van der Waals surface area contributed by atoms with Gasteiger partial charge in [0.25, 0.3) is 0 Å². The van der Waals surface area contributed by atoms with Crippen molar-refractivity contribution < 1.29 is 14.3 Å². The highest BCUT2D eigenvalue weighted by atomic mass is 16.5. The Labute approximate surface area is 160 Å². The molecular formula is C22H26N2O3. The first-order valence-electron chi connectivity index (χ1n) is 9.54. The van der Waals surface area contributed by atoms with E-state index in [0.29, 0.717) is 13.1 Å². The van der Waals surface area contributed by atoms with Gasteiger partial charge in [-0.25, -0.2) is 0 Å². The molecule has 0 bridgehead atoms. The summed E-state index contributed by atoms with van der Waals surface area (Å²) in [5, 5.41) is 0. The van der Waals surface area contributed by atoms with Gasteiger partial charge in [0.15, 0.2) is 11.5 Å². The van der Waals surface area contributed by atoms with E-state index in [2.05, 4.69) is 29.2 Å². The van der Waals surface area contributed by atoms with Gasteiger partial charge < -0.3 is 19.3 Å². The number of amides is 1. The molecule has 142 valence electrons. The monoisotopic (exact) mass is 366 g/mol. The minimum atomic E-state index is 0.187. The topological polar surface area (TPSA) is 42.0 Å². The van der Waals surface area contributed by atoms with Crippen LogP contribution in [0.5, 0.6) is 11.5 Å². The van der Waals surface area contributed by atoms with E-state index in [9.17, 15) is 4.79 Å². The van der Waals surface area contributed by atoms with Crippen molar-refractivity contribution in [2.24, 2.45) is 0 Å². The normalized spacial score (nSPS) is 15.8. The summed E-state index contributed by atoms with van der Waals surface area (Å²) in [7, 11) is 3.29. The molecule has 1 amide bonds. The van der Waals surface area contributed by atoms with Crippen LogP contribution in [0, 0.1) is 0 Å². The molecule has 0 atom stereocenters. The van der Waals surface area contributed by atoms with Crippen molar-refractivity contribution in [1.82, 2.24) is 4.90 Å². The highest BCUT2D eigenvalue weighted by molar-refractivity contribution is 5.82. The van der Waals surface area contributed by atoms with Crippen molar-refractivity contribution in [2.45, 2.75) is 25.8 Å². The second-order valence-electron chi connectivity index (χ2n) is 7.20. The number of hydrogen-bond acceptors (Lipinski definition) is 4. The Morgan fingerprint density at radius 2 is 1.70 bits per heavy atom. The first-order chi connectivity index (χ1) is 13.2. The molecule has 2 aliphatic heterocycles. The van der Waals surface area contributed by atoms with Crippen LogP contribution in [0.25, 0.3) is 0 Å². The summed E-state index contributed by atoms with van der Waals surface area (Å²) in [6, 6.07) is 12.5. The lowest BCUT2D eigenvalue weighted by atomic mass is 9.98. The van der Waals surface area contributed by atoms with Crippen LogP contribution in [0.3, 0.4) is 0 Å². The first-order valence-corrected chi connectivity index (χ1v) is 9.54. The first kappa shape index (κ1) is 17.7. The van der Waals surface area contributed by atoms with E-state index in [0.717, 1.165) is 49.4 Å². The van der Waals surface area contributed by atoms with Gasteiger partial charge in [-0.15, -0.1) is 0 Å². The zero-order valence-electron chi connectivity index (χ0n) is 16.0. The number of anilines is 1. The summed E-state index contributed by atoms with van der Waals surface area (Å²) in [5.41, 5.74) is 4.93. The third-order valence-corrected chi connectivity index (χ3v) is 5.60. The number of fused-ring (bicyclic) bond motifs is 2. The fourth-order valence-corrected chi connectivity index (χ4v) is 4.14. The third-order valence-electron chi connectivity index (χ3n) is 5.60. The van der Waals surface area contributed by atoms with Crippen LogP contribution in [0.15, 0.2) is 36.4 Å². The molecule has 2 aromatic carbocycles. The SMILES string of the molecule is COc1cc2c(cc1OC)CN(C(=O)CN1CCCc3ccccc31)CC2. The molecule has 0 unspecified atom stereocenters. The van der Waals surface area contributed by atoms with Gasteiger partial charge in [0.1, 0.15) is 0 Å². The minimum Gasteiger partial charge on any atom is -0.493 e. The minimum absolute atomic E-state index is 0.187. The molecule has 0 aliphatic carbocycles. The molecule has 0 saturated heterocycles. The van der Waals surface area contributed by atoms with Gasteiger partial charge >= 0.3 is 0 Å². The average molecular weight is 366 g/mol. The molecule has 0 spiro atoms.